The van der Waals surface area contributed by atoms with E-state index in [1.165, 1.54) is 5.56 Å². The van der Waals surface area contributed by atoms with Gasteiger partial charge in [0.25, 0.3) is 0 Å². The predicted molar refractivity (Wildman–Crippen MR) is 80.9 cm³/mol. The number of rotatable bonds is 6. The van der Waals surface area contributed by atoms with Crippen LogP contribution in [0.2, 0.25) is 0 Å². The van der Waals surface area contributed by atoms with E-state index in [0.717, 1.165) is 29.2 Å². The average Bonchev–Trinajstić information content (AvgIpc) is 2.85. The number of nitrogens with one attached hydrogen (secondary N) is 1. The molecule has 0 spiro atoms. The van der Waals surface area contributed by atoms with Gasteiger partial charge in [-0.1, -0.05) is 26.0 Å². The van der Waals surface area contributed by atoms with Crippen molar-refractivity contribution in [2.45, 2.75) is 46.9 Å². The molecule has 1 aromatic carbocycles. The molecule has 3 nitrogen and oxygen atoms in total. The van der Waals surface area contributed by atoms with Crippen molar-refractivity contribution in [3.05, 3.63) is 53.0 Å². The smallest absolute Gasteiger partial charge is 0.146 e. The van der Waals surface area contributed by atoms with Crippen LogP contribution in [0.3, 0.4) is 0 Å². The van der Waals surface area contributed by atoms with Crippen LogP contribution >= 0.6 is 0 Å². The summed E-state index contributed by atoms with van der Waals surface area (Å²) in [6, 6.07) is 8.73. The SMILES string of the molecule is Cc1ccc(C)c(OCc2cc(CNC(C)C)co2)c1. The first kappa shape index (κ1) is 14.7. The molecule has 0 bridgehead atoms. The Kier molecular flexibility index (Phi) is 4.85. The summed E-state index contributed by atoms with van der Waals surface area (Å²) < 4.78 is 11.4. The summed E-state index contributed by atoms with van der Waals surface area (Å²) in [4.78, 5) is 0. The van der Waals surface area contributed by atoms with Gasteiger partial charge >= 0.3 is 0 Å². The van der Waals surface area contributed by atoms with E-state index in [9.17, 15) is 0 Å². The van der Waals surface area contributed by atoms with Crippen molar-refractivity contribution in [3.8, 4) is 5.75 Å². The van der Waals surface area contributed by atoms with E-state index in [2.05, 4.69) is 51.2 Å². The molecule has 1 N–H and O–H groups in total. The van der Waals surface area contributed by atoms with E-state index < -0.39 is 0 Å². The fraction of sp³-hybridized carbons (Fsp3) is 0.412. The van der Waals surface area contributed by atoms with Crippen molar-refractivity contribution in [2.24, 2.45) is 0 Å². The van der Waals surface area contributed by atoms with E-state index in [1.807, 2.05) is 6.07 Å². The van der Waals surface area contributed by atoms with Crippen molar-refractivity contribution in [1.29, 1.82) is 0 Å². The van der Waals surface area contributed by atoms with Crippen molar-refractivity contribution < 1.29 is 9.15 Å². The molecule has 0 aliphatic heterocycles. The Balaban J connectivity index is 1.92. The van der Waals surface area contributed by atoms with Crippen LogP contribution in [0.25, 0.3) is 0 Å². The normalized spacial score (nSPS) is 11.1. The third kappa shape index (κ3) is 4.14. The zero-order chi connectivity index (χ0) is 14.5. The molecule has 1 aromatic heterocycles. The van der Waals surface area contributed by atoms with E-state index in [-0.39, 0.29) is 0 Å². The number of hydrogen-bond acceptors (Lipinski definition) is 3. The molecule has 0 aliphatic carbocycles. The maximum absolute atomic E-state index is 5.83. The zero-order valence-corrected chi connectivity index (χ0v) is 12.7. The number of ether oxygens (including phenoxy) is 1. The summed E-state index contributed by atoms with van der Waals surface area (Å²) in [7, 11) is 0. The largest absolute Gasteiger partial charge is 0.485 e. The van der Waals surface area contributed by atoms with Gasteiger partial charge in [-0.05, 0) is 37.1 Å². The van der Waals surface area contributed by atoms with Crippen LogP contribution in [0, 0.1) is 13.8 Å². The van der Waals surface area contributed by atoms with Crippen LogP contribution in [0.1, 0.15) is 36.3 Å². The Morgan fingerprint density at radius 2 is 2.00 bits per heavy atom. The molecule has 0 amide bonds. The molecule has 2 rings (SSSR count). The van der Waals surface area contributed by atoms with Gasteiger partial charge in [0, 0.05) is 18.2 Å². The Hall–Kier alpha value is -1.74. The topological polar surface area (TPSA) is 34.4 Å². The number of aryl methyl sites for hydroxylation is 2. The number of benzene rings is 1. The van der Waals surface area contributed by atoms with Gasteiger partial charge in [0.1, 0.15) is 18.1 Å². The molecule has 0 saturated heterocycles. The van der Waals surface area contributed by atoms with Gasteiger partial charge in [0.2, 0.25) is 0 Å². The lowest BCUT2D eigenvalue weighted by molar-refractivity contribution is 0.268. The molecule has 20 heavy (non-hydrogen) atoms. The predicted octanol–water partition coefficient (Wildman–Crippen LogP) is 3.97. The summed E-state index contributed by atoms with van der Waals surface area (Å²) in [5.74, 6) is 1.77. The molecule has 3 heteroatoms. The maximum atomic E-state index is 5.83. The molecule has 0 fully saturated rings. The molecule has 1 heterocycles. The summed E-state index contributed by atoms with van der Waals surface area (Å²) in [6.45, 7) is 9.66. The van der Waals surface area contributed by atoms with Crippen LogP contribution in [-0.2, 0) is 13.2 Å². The van der Waals surface area contributed by atoms with Crippen molar-refractivity contribution >= 4 is 0 Å². The average molecular weight is 273 g/mol. The van der Waals surface area contributed by atoms with E-state index in [4.69, 9.17) is 9.15 Å². The fourth-order valence-electron chi connectivity index (χ4n) is 1.93. The van der Waals surface area contributed by atoms with Crippen LogP contribution < -0.4 is 10.1 Å². The molecule has 0 radical (unpaired) electrons. The molecule has 0 aliphatic rings. The molecule has 0 atom stereocenters. The summed E-state index contributed by atoms with van der Waals surface area (Å²) in [6.07, 6.45) is 1.79. The lowest BCUT2D eigenvalue weighted by Crippen LogP contribution is -2.21. The van der Waals surface area contributed by atoms with Gasteiger partial charge < -0.3 is 14.5 Å². The van der Waals surface area contributed by atoms with Crippen molar-refractivity contribution in [2.75, 3.05) is 0 Å². The van der Waals surface area contributed by atoms with Gasteiger partial charge in [-0.15, -0.1) is 0 Å². The summed E-state index contributed by atoms with van der Waals surface area (Å²) in [5.41, 5.74) is 3.49. The second-order valence-electron chi connectivity index (χ2n) is 5.51. The molecule has 108 valence electrons. The van der Waals surface area contributed by atoms with Gasteiger partial charge in [-0.3, -0.25) is 0 Å². The minimum Gasteiger partial charge on any atom is -0.485 e. The third-order valence-electron chi connectivity index (χ3n) is 3.14. The number of furan rings is 1. The van der Waals surface area contributed by atoms with Crippen LogP contribution in [0.5, 0.6) is 5.75 Å². The van der Waals surface area contributed by atoms with E-state index in [1.54, 1.807) is 6.26 Å². The second kappa shape index (κ2) is 6.62. The van der Waals surface area contributed by atoms with Crippen molar-refractivity contribution in [1.82, 2.24) is 5.32 Å². The summed E-state index contributed by atoms with van der Waals surface area (Å²) >= 11 is 0. The highest BCUT2D eigenvalue weighted by Gasteiger charge is 2.05. The zero-order valence-electron chi connectivity index (χ0n) is 12.7. The van der Waals surface area contributed by atoms with Crippen LogP contribution in [0.4, 0.5) is 0 Å². The quantitative estimate of drug-likeness (QED) is 0.864. The second-order valence-corrected chi connectivity index (χ2v) is 5.51. The third-order valence-corrected chi connectivity index (χ3v) is 3.14. The van der Waals surface area contributed by atoms with E-state index in [0.29, 0.717) is 12.6 Å². The highest BCUT2D eigenvalue weighted by Crippen LogP contribution is 2.21. The first-order valence-electron chi connectivity index (χ1n) is 7.04. The highest BCUT2D eigenvalue weighted by molar-refractivity contribution is 5.36. The molecule has 2 aromatic rings. The Morgan fingerprint density at radius 1 is 1.20 bits per heavy atom. The van der Waals surface area contributed by atoms with Gasteiger partial charge in [-0.25, -0.2) is 0 Å². The highest BCUT2D eigenvalue weighted by atomic mass is 16.5. The first-order valence-corrected chi connectivity index (χ1v) is 7.04. The van der Waals surface area contributed by atoms with Crippen molar-refractivity contribution in [3.63, 3.8) is 0 Å². The van der Waals surface area contributed by atoms with Crippen LogP contribution in [0.15, 0.2) is 34.9 Å². The minimum atomic E-state index is 0.464. The molecule has 0 unspecified atom stereocenters. The first-order chi connectivity index (χ1) is 9.54. The Bertz CT molecular complexity index is 558. The Labute approximate surface area is 121 Å². The lowest BCUT2D eigenvalue weighted by atomic mass is 10.1. The maximum Gasteiger partial charge on any atom is 0.146 e. The minimum absolute atomic E-state index is 0.464. The molecule has 0 saturated carbocycles. The number of hydrogen-bond donors (Lipinski definition) is 1. The van der Waals surface area contributed by atoms with Gasteiger partial charge in [0.15, 0.2) is 0 Å². The summed E-state index contributed by atoms with van der Waals surface area (Å²) in [5, 5.41) is 3.36. The molecular formula is C17H23NO2. The monoisotopic (exact) mass is 273 g/mol. The fourth-order valence-corrected chi connectivity index (χ4v) is 1.93. The molecular weight excluding hydrogens is 250 g/mol. The Morgan fingerprint density at radius 3 is 2.75 bits per heavy atom. The van der Waals surface area contributed by atoms with Crippen LogP contribution in [-0.4, -0.2) is 6.04 Å². The standard InChI is InChI=1S/C17H23NO2/c1-12(2)18-9-15-8-16(19-10-15)11-20-17-7-13(3)5-6-14(17)4/h5-8,10,12,18H,9,11H2,1-4H3. The van der Waals surface area contributed by atoms with E-state index >= 15 is 0 Å². The lowest BCUT2D eigenvalue weighted by Gasteiger charge is -2.08. The van der Waals surface area contributed by atoms with Gasteiger partial charge in [-0.2, -0.15) is 0 Å². The van der Waals surface area contributed by atoms with Gasteiger partial charge in [0.05, 0.1) is 6.26 Å².